The van der Waals surface area contributed by atoms with Gasteiger partial charge in [-0.15, -0.1) is 0 Å². The molecular formula is C28H25NO5S. The van der Waals surface area contributed by atoms with Gasteiger partial charge in [-0.05, 0) is 54.9 Å². The topological polar surface area (TPSA) is 72.9 Å². The summed E-state index contributed by atoms with van der Waals surface area (Å²) in [6.07, 6.45) is 1.63. The van der Waals surface area contributed by atoms with Gasteiger partial charge in [-0.2, -0.15) is 0 Å². The van der Waals surface area contributed by atoms with E-state index in [2.05, 4.69) is 6.07 Å². The van der Waals surface area contributed by atoms with Gasteiger partial charge in [-0.25, -0.2) is 0 Å². The van der Waals surface area contributed by atoms with Crippen LogP contribution in [0.4, 0.5) is 4.79 Å². The summed E-state index contributed by atoms with van der Waals surface area (Å²) in [6.45, 7) is 4.47. The number of ether oxygens (including phenoxy) is 2. The van der Waals surface area contributed by atoms with Gasteiger partial charge in [0.25, 0.3) is 11.1 Å². The number of Topliss-reactive ketones (excluding diaryl/α,β-unsaturated/α-hetero) is 1. The number of imide groups is 1. The molecule has 0 bridgehead atoms. The van der Waals surface area contributed by atoms with Crippen molar-refractivity contribution in [3.05, 3.63) is 100.0 Å². The highest BCUT2D eigenvalue weighted by Gasteiger charge is 2.36. The smallest absolute Gasteiger partial charge is 0.293 e. The number of thioether (sulfide) groups is 1. The lowest BCUT2D eigenvalue weighted by molar-refractivity contribution is -0.122. The van der Waals surface area contributed by atoms with E-state index in [-0.39, 0.29) is 17.2 Å². The molecule has 0 saturated carbocycles. The molecule has 0 spiro atoms. The molecule has 1 aliphatic rings. The van der Waals surface area contributed by atoms with Crippen molar-refractivity contribution in [3.63, 3.8) is 0 Å². The zero-order chi connectivity index (χ0) is 24.8. The third kappa shape index (κ3) is 6.00. The summed E-state index contributed by atoms with van der Waals surface area (Å²) in [7, 11) is 0. The molecule has 4 rings (SSSR count). The number of nitrogens with zero attached hydrogens (tertiary/aromatic N) is 1. The minimum absolute atomic E-state index is 0.256. The van der Waals surface area contributed by atoms with Crippen molar-refractivity contribution in [2.24, 2.45) is 0 Å². The highest BCUT2D eigenvalue weighted by atomic mass is 32.2. The number of amides is 2. The first-order chi connectivity index (χ1) is 16.9. The van der Waals surface area contributed by atoms with Crippen LogP contribution in [-0.4, -0.2) is 35.0 Å². The minimum Gasteiger partial charge on any atom is -0.490 e. The lowest BCUT2D eigenvalue weighted by Crippen LogP contribution is -2.33. The van der Waals surface area contributed by atoms with Gasteiger partial charge in [0.15, 0.2) is 17.3 Å². The number of carbonyl (C=O) groups is 3. The first-order valence-corrected chi connectivity index (χ1v) is 12.0. The lowest BCUT2D eigenvalue weighted by Gasteiger charge is -2.13. The fourth-order valence-electron chi connectivity index (χ4n) is 3.61. The normalized spacial score (nSPS) is 14.5. The van der Waals surface area contributed by atoms with Crippen molar-refractivity contribution < 1.29 is 23.9 Å². The fourth-order valence-corrected chi connectivity index (χ4v) is 4.45. The Hall–Kier alpha value is -3.84. The van der Waals surface area contributed by atoms with Crippen LogP contribution in [0.3, 0.4) is 0 Å². The summed E-state index contributed by atoms with van der Waals surface area (Å²) in [4.78, 5) is 39.0. The zero-order valence-corrected chi connectivity index (χ0v) is 20.3. The van der Waals surface area contributed by atoms with Gasteiger partial charge in [-0.3, -0.25) is 19.3 Å². The van der Waals surface area contributed by atoms with Crippen LogP contribution in [0.5, 0.6) is 11.5 Å². The predicted octanol–water partition coefficient (Wildman–Crippen LogP) is 5.89. The summed E-state index contributed by atoms with van der Waals surface area (Å²) in [5, 5.41) is -0.464. The third-order valence-corrected chi connectivity index (χ3v) is 6.22. The van der Waals surface area contributed by atoms with Gasteiger partial charge in [-0.1, -0.05) is 66.2 Å². The molecule has 1 saturated heterocycles. The first-order valence-electron chi connectivity index (χ1n) is 11.2. The van der Waals surface area contributed by atoms with Crippen LogP contribution >= 0.6 is 11.8 Å². The van der Waals surface area contributed by atoms with E-state index in [9.17, 15) is 14.4 Å². The monoisotopic (exact) mass is 487 g/mol. The van der Waals surface area contributed by atoms with Crippen molar-refractivity contribution >= 4 is 34.8 Å². The maximum absolute atomic E-state index is 12.9. The number of hydrogen-bond acceptors (Lipinski definition) is 6. The summed E-state index contributed by atoms with van der Waals surface area (Å²) >= 11 is 0.820. The third-order valence-electron chi connectivity index (χ3n) is 5.31. The number of hydrogen-bond donors (Lipinski definition) is 0. The highest BCUT2D eigenvalue weighted by Crippen LogP contribution is 2.35. The van der Waals surface area contributed by atoms with Crippen LogP contribution in [0.15, 0.2) is 77.7 Å². The maximum atomic E-state index is 12.9. The molecule has 0 N–H and O–H groups in total. The Labute approximate surface area is 208 Å². The van der Waals surface area contributed by atoms with Crippen LogP contribution in [0.2, 0.25) is 0 Å². The van der Waals surface area contributed by atoms with E-state index in [1.165, 1.54) is 0 Å². The molecule has 2 amide bonds. The van der Waals surface area contributed by atoms with E-state index in [0.717, 1.165) is 27.8 Å². The SMILES string of the molecule is CCOc1cc(/C=C2\SC(=O)N(CC(=O)c3ccccc3)C2=O)ccc1OCc1cccc(C)c1. The maximum Gasteiger partial charge on any atom is 0.293 e. The van der Waals surface area contributed by atoms with Crippen molar-refractivity contribution in [1.29, 1.82) is 0 Å². The molecule has 35 heavy (non-hydrogen) atoms. The second-order valence-corrected chi connectivity index (χ2v) is 8.97. The quantitative estimate of drug-likeness (QED) is 0.277. The van der Waals surface area contributed by atoms with E-state index in [1.807, 2.05) is 32.0 Å². The first kappa shape index (κ1) is 24.3. The van der Waals surface area contributed by atoms with Gasteiger partial charge < -0.3 is 9.47 Å². The minimum atomic E-state index is -0.484. The average molecular weight is 488 g/mol. The molecule has 3 aromatic carbocycles. The van der Waals surface area contributed by atoms with Crippen LogP contribution in [0.1, 0.15) is 34.0 Å². The molecule has 1 aliphatic heterocycles. The number of rotatable bonds is 9. The van der Waals surface area contributed by atoms with Gasteiger partial charge in [0.05, 0.1) is 18.1 Å². The summed E-state index contributed by atoms with van der Waals surface area (Å²) < 4.78 is 11.7. The summed E-state index contributed by atoms with van der Waals surface area (Å²) in [5.74, 6) is 0.365. The Morgan fingerprint density at radius 2 is 1.74 bits per heavy atom. The highest BCUT2D eigenvalue weighted by molar-refractivity contribution is 8.18. The van der Waals surface area contributed by atoms with E-state index >= 15 is 0 Å². The molecule has 0 aromatic heterocycles. The van der Waals surface area contributed by atoms with Crippen molar-refractivity contribution in [1.82, 2.24) is 4.90 Å². The standard InChI is InChI=1S/C28H25NO5S/c1-3-33-25-15-20(12-13-24(25)34-18-21-9-7-8-19(2)14-21)16-26-27(31)29(28(32)35-26)17-23(30)22-10-5-4-6-11-22/h4-16H,3,17-18H2,1-2H3/b26-16-. The molecule has 0 unspecified atom stereocenters. The van der Waals surface area contributed by atoms with E-state index in [1.54, 1.807) is 54.6 Å². The largest absolute Gasteiger partial charge is 0.490 e. The molecule has 0 atom stereocenters. The molecule has 3 aromatic rings. The van der Waals surface area contributed by atoms with Crippen molar-refractivity contribution in [2.45, 2.75) is 20.5 Å². The molecule has 0 radical (unpaired) electrons. The Morgan fingerprint density at radius 3 is 2.49 bits per heavy atom. The van der Waals surface area contributed by atoms with Gasteiger partial charge >= 0.3 is 0 Å². The molecule has 1 heterocycles. The molecule has 178 valence electrons. The van der Waals surface area contributed by atoms with Crippen LogP contribution in [0.25, 0.3) is 6.08 Å². The molecule has 0 aliphatic carbocycles. The van der Waals surface area contributed by atoms with Crippen molar-refractivity contribution in [2.75, 3.05) is 13.2 Å². The van der Waals surface area contributed by atoms with Crippen LogP contribution in [-0.2, 0) is 11.4 Å². The number of ketones is 1. The second-order valence-electron chi connectivity index (χ2n) is 7.97. The van der Waals surface area contributed by atoms with Crippen LogP contribution < -0.4 is 9.47 Å². The fraction of sp³-hybridized carbons (Fsp3) is 0.179. The van der Waals surface area contributed by atoms with Gasteiger partial charge in [0.2, 0.25) is 0 Å². The Kier molecular flexibility index (Phi) is 7.67. The van der Waals surface area contributed by atoms with E-state index in [4.69, 9.17) is 9.47 Å². The lowest BCUT2D eigenvalue weighted by atomic mass is 10.1. The second kappa shape index (κ2) is 11.1. The Balaban J connectivity index is 1.49. The molecular weight excluding hydrogens is 462 g/mol. The zero-order valence-electron chi connectivity index (χ0n) is 19.5. The van der Waals surface area contributed by atoms with E-state index in [0.29, 0.717) is 35.8 Å². The van der Waals surface area contributed by atoms with E-state index < -0.39 is 11.1 Å². The summed E-state index contributed by atoms with van der Waals surface area (Å²) in [6, 6.07) is 22.1. The molecule has 1 fully saturated rings. The van der Waals surface area contributed by atoms with Crippen molar-refractivity contribution in [3.8, 4) is 11.5 Å². The van der Waals surface area contributed by atoms with Gasteiger partial charge in [0.1, 0.15) is 6.61 Å². The number of benzene rings is 3. The Morgan fingerprint density at radius 1 is 0.943 bits per heavy atom. The number of carbonyl (C=O) groups excluding carboxylic acids is 3. The Bertz CT molecular complexity index is 1290. The molecule has 7 heteroatoms. The number of aryl methyl sites for hydroxylation is 1. The average Bonchev–Trinajstić information content (AvgIpc) is 3.11. The predicted molar refractivity (Wildman–Crippen MR) is 137 cm³/mol. The van der Waals surface area contributed by atoms with Crippen LogP contribution in [0, 0.1) is 6.92 Å². The summed E-state index contributed by atoms with van der Waals surface area (Å²) in [5.41, 5.74) is 3.36. The molecule has 6 nitrogen and oxygen atoms in total. The van der Waals surface area contributed by atoms with Gasteiger partial charge in [0, 0.05) is 5.56 Å².